The third-order valence-corrected chi connectivity index (χ3v) is 3.91. The first-order valence-corrected chi connectivity index (χ1v) is 6.73. The molecule has 2 unspecified atom stereocenters. The lowest BCUT2D eigenvalue weighted by Crippen LogP contribution is -2.23. The molecule has 1 aliphatic carbocycles. The lowest BCUT2D eigenvalue weighted by molar-refractivity contribution is -0.119. The van der Waals surface area contributed by atoms with Gasteiger partial charge in [-0.05, 0) is 44.7 Å². The lowest BCUT2D eigenvalue weighted by Gasteiger charge is -2.16. The Bertz CT molecular complexity index is 491. The Morgan fingerprint density at radius 2 is 2.05 bits per heavy atom. The number of ether oxygens (including phenoxy) is 1. The first kappa shape index (κ1) is 16.8. The quantitative estimate of drug-likeness (QED) is 0.902. The number of nitrogens with two attached hydrogens (primary N) is 1. The molecule has 4 nitrogen and oxygen atoms in total. The van der Waals surface area contributed by atoms with E-state index in [1.807, 2.05) is 26.0 Å². The van der Waals surface area contributed by atoms with E-state index in [2.05, 4.69) is 5.32 Å². The lowest BCUT2D eigenvalue weighted by atomic mass is 10.1. The number of carbonyl (C=O) groups excluding carboxylic acids is 1. The molecule has 1 aromatic rings. The van der Waals surface area contributed by atoms with Crippen LogP contribution in [0.15, 0.2) is 12.1 Å². The summed E-state index contributed by atoms with van der Waals surface area (Å²) in [6.07, 6.45) is 2.61. The third kappa shape index (κ3) is 3.44. The molecule has 2 rings (SSSR count). The second kappa shape index (κ2) is 6.95. The highest BCUT2D eigenvalue weighted by Gasteiger charge is 2.28. The molecule has 1 saturated carbocycles. The van der Waals surface area contributed by atoms with Gasteiger partial charge in [-0.25, -0.2) is 0 Å². The molecule has 3 N–H and O–H groups in total. The molecular weight excluding hydrogens is 276 g/mol. The molecule has 1 amide bonds. The third-order valence-electron chi connectivity index (χ3n) is 3.91. The molecule has 1 fully saturated rings. The van der Waals surface area contributed by atoms with Crippen LogP contribution in [0.1, 0.15) is 30.4 Å². The summed E-state index contributed by atoms with van der Waals surface area (Å²) >= 11 is 0. The molecule has 5 heteroatoms. The molecule has 0 aliphatic heterocycles. The molecule has 0 aromatic heterocycles. The number of nitrogens with one attached hydrogen (secondary N) is 1. The summed E-state index contributed by atoms with van der Waals surface area (Å²) in [5.74, 6) is 0.949. The van der Waals surface area contributed by atoms with Gasteiger partial charge in [0.2, 0.25) is 5.91 Å². The van der Waals surface area contributed by atoms with Crippen molar-refractivity contribution in [2.45, 2.75) is 39.2 Å². The van der Waals surface area contributed by atoms with Crippen LogP contribution in [0, 0.1) is 19.8 Å². The highest BCUT2D eigenvalue weighted by molar-refractivity contribution is 5.93. The van der Waals surface area contributed by atoms with Gasteiger partial charge in [0.05, 0.1) is 7.11 Å². The van der Waals surface area contributed by atoms with Gasteiger partial charge in [0.25, 0.3) is 0 Å². The Hall–Kier alpha value is -1.26. The monoisotopic (exact) mass is 298 g/mol. The van der Waals surface area contributed by atoms with Gasteiger partial charge in [0, 0.05) is 23.2 Å². The van der Waals surface area contributed by atoms with Gasteiger partial charge >= 0.3 is 0 Å². The van der Waals surface area contributed by atoms with E-state index >= 15 is 0 Å². The number of methoxy groups -OCH3 is 1. The highest BCUT2D eigenvalue weighted by atomic mass is 35.5. The Kier molecular flexibility index (Phi) is 5.84. The molecule has 20 heavy (non-hydrogen) atoms. The van der Waals surface area contributed by atoms with Crippen LogP contribution < -0.4 is 15.8 Å². The van der Waals surface area contributed by atoms with E-state index in [1.54, 1.807) is 7.11 Å². The molecule has 0 bridgehead atoms. The maximum atomic E-state index is 12.2. The van der Waals surface area contributed by atoms with E-state index in [9.17, 15) is 4.79 Å². The van der Waals surface area contributed by atoms with Crippen LogP contribution in [-0.2, 0) is 4.79 Å². The van der Waals surface area contributed by atoms with Gasteiger partial charge in [-0.3, -0.25) is 4.79 Å². The number of aryl methyl sites for hydroxylation is 1. The molecule has 0 heterocycles. The number of carbonyl (C=O) groups is 1. The first-order valence-electron chi connectivity index (χ1n) is 6.73. The predicted octanol–water partition coefficient (Wildman–Crippen LogP) is 2.80. The summed E-state index contributed by atoms with van der Waals surface area (Å²) in [5, 5.41) is 3.00. The molecule has 0 radical (unpaired) electrons. The molecule has 112 valence electrons. The van der Waals surface area contributed by atoms with E-state index in [4.69, 9.17) is 10.5 Å². The summed E-state index contributed by atoms with van der Waals surface area (Å²) in [7, 11) is 1.65. The number of amides is 1. The van der Waals surface area contributed by atoms with E-state index in [1.165, 1.54) is 0 Å². The van der Waals surface area contributed by atoms with Crippen molar-refractivity contribution in [2.24, 2.45) is 11.7 Å². The number of benzene rings is 1. The van der Waals surface area contributed by atoms with Gasteiger partial charge in [-0.1, -0.05) is 6.07 Å². The zero-order chi connectivity index (χ0) is 14.0. The fourth-order valence-corrected chi connectivity index (χ4v) is 2.77. The Morgan fingerprint density at radius 1 is 1.35 bits per heavy atom. The van der Waals surface area contributed by atoms with Crippen molar-refractivity contribution >= 4 is 24.0 Å². The van der Waals surface area contributed by atoms with Crippen molar-refractivity contribution in [2.75, 3.05) is 12.4 Å². The van der Waals surface area contributed by atoms with Crippen LogP contribution in [0.2, 0.25) is 0 Å². The molecule has 0 saturated heterocycles. The Morgan fingerprint density at radius 3 is 2.60 bits per heavy atom. The normalized spacial score (nSPS) is 21.2. The number of hydrogen-bond acceptors (Lipinski definition) is 3. The molecule has 1 aliphatic rings. The second-order valence-electron chi connectivity index (χ2n) is 5.35. The minimum Gasteiger partial charge on any atom is -0.496 e. The van der Waals surface area contributed by atoms with Crippen molar-refractivity contribution in [1.82, 2.24) is 0 Å². The van der Waals surface area contributed by atoms with Gasteiger partial charge in [0.1, 0.15) is 5.75 Å². The number of hydrogen-bond donors (Lipinski definition) is 2. The standard InChI is InChI=1S/C15H22N2O2.ClH/c1-9-4-7-13(10(2)14(9)19-3)17-15(18)11-5-6-12(16)8-11;/h4,7,11-12H,5-6,8,16H2,1-3H3,(H,17,18);1H. The van der Waals surface area contributed by atoms with E-state index < -0.39 is 0 Å². The van der Waals surface area contributed by atoms with Gasteiger partial charge in [-0.15, -0.1) is 12.4 Å². The van der Waals surface area contributed by atoms with Crippen molar-refractivity contribution in [3.05, 3.63) is 23.3 Å². The van der Waals surface area contributed by atoms with Crippen molar-refractivity contribution in [3.8, 4) is 5.75 Å². The topological polar surface area (TPSA) is 64.3 Å². The van der Waals surface area contributed by atoms with Crippen molar-refractivity contribution in [3.63, 3.8) is 0 Å². The number of anilines is 1. The fourth-order valence-electron chi connectivity index (χ4n) is 2.77. The van der Waals surface area contributed by atoms with Crippen LogP contribution >= 0.6 is 12.4 Å². The second-order valence-corrected chi connectivity index (χ2v) is 5.35. The number of halogens is 1. The summed E-state index contributed by atoms with van der Waals surface area (Å²) in [5.41, 5.74) is 8.72. The van der Waals surface area contributed by atoms with E-state index in [0.29, 0.717) is 0 Å². The minimum absolute atomic E-state index is 0. The predicted molar refractivity (Wildman–Crippen MR) is 83.7 cm³/mol. The largest absolute Gasteiger partial charge is 0.496 e. The van der Waals surface area contributed by atoms with Gasteiger partial charge < -0.3 is 15.8 Å². The summed E-state index contributed by atoms with van der Waals surface area (Å²) in [4.78, 5) is 12.2. The Balaban J connectivity index is 0.00000200. The zero-order valence-electron chi connectivity index (χ0n) is 12.2. The zero-order valence-corrected chi connectivity index (χ0v) is 13.0. The average molecular weight is 299 g/mol. The van der Waals surface area contributed by atoms with Crippen molar-refractivity contribution < 1.29 is 9.53 Å². The maximum Gasteiger partial charge on any atom is 0.227 e. The fraction of sp³-hybridized carbons (Fsp3) is 0.533. The Labute approximate surface area is 126 Å². The average Bonchev–Trinajstić information content (AvgIpc) is 2.80. The SMILES string of the molecule is COc1c(C)ccc(NC(=O)C2CCC(N)C2)c1C.Cl. The van der Waals surface area contributed by atoms with Crippen LogP contribution in [0.5, 0.6) is 5.75 Å². The molecule has 1 aromatic carbocycles. The van der Waals surface area contributed by atoms with Crippen molar-refractivity contribution in [1.29, 1.82) is 0 Å². The van der Waals surface area contributed by atoms with Gasteiger partial charge in [-0.2, -0.15) is 0 Å². The van der Waals surface area contributed by atoms with Crippen LogP contribution in [-0.4, -0.2) is 19.1 Å². The van der Waals surface area contributed by atoms with E-state index in [-0.39, 0.29) is 30.3 Å². The summed E-state index contributed by atoms with van der Waals surface area (Å²) in [6, 6.07) is 4.06. The van der Waals surface area contributed by atoms with Crippen LogP contribution in [0.25, 0.3) is 0 Å². The minimum atomic E-state index is 0. The molecule has 0 spiro atoms. The van der Waals surface area contributed by atoms with Gasteiger partial charge in [0.15, 0.2) is 0 Å². The van der Waals surface area contributed by atoms with Crippen LogP contribution in [0.3, 0.4) is 0 Å². The number of rotatable bonds is 3. The first-order chi connectivity index (χ1) is 9.02. The van der Waals surface area contributed by atoms with Crippen LogP contribution in [0.4, 0.5) is 5.69 Å². The maximum absolute atomic E-state index is 12.2. The highest BCUT2D eigenvalue weighted by Crippen LogP contribution is 2.31. The molecular formula is C15H23ClN2O2. The van der Waals surface area contributed by atoms with E-state index in [0.717, 1.165) is 41.8 Å². The summed E-state index contributed by atoms with van der Waals surface area (Å²) < 4.78 is 5.37. The summed E-state index contributed by atoms with van der Waals surface area (Å²) in [6.45, 7) is 3.95. The smallest absolute Gasteiger partial charge is 0.227 e. The molecule has 2 atom stereocenters.